The van der Waals surface area contributed by atoms with E-state index in [0.29, 0.717) is 32.6 Å². The molecule has 0 aromatic carbocycles. The molecule has 0 aliphatic carbocycles. The summed E-state index contributed by atoms with van der Waals surface area (Å²) in [6.45, 7) is 1.61. The van der Waals surface area contributed by atoms with Crippen molar-refractivity contribution in [2.75, 3.05) is 32.6 Å². The van der Waals surface area contributed by atoms with Crippen LogP contribution in [0.3, 0.4) is 0 Å². The highest BCUT2D eigenvalue weighted by atomic mass is 16.5. The first-order valence-corrected chi connectivity index (χ1v) is 6.85. The van der Waals surface area contributed by atoms with E-state index in [1.54, 1.807) is 12.3 Å². The Labute approximate surface area is 123 Å². The van der Waals surface area contributed by atoms with Crippen molar-refractivity contribution in [1.82, 2.24) is 9.88 Å². The van der Waals surface area contributed by atoms with Crippen molar-refractivity contribution >= 4 is 11.9 Å². The summed E-state index contributed by atoms with van der Waals surface area (Å²) in [6.07, 6.45) is 1.44. The molecule has 0 atom stereocenters. The zero-order valence-electron chi connectivity index (χ0n) is 12.3. The molecule has 1 saturated heterocycles. The summed E-state index contributed by atoms with van der Waals surface area (Å²) in [5, 5.41) is 21.9. The number of hydrogen-bond acceptors (Lipinski definition) is 5. The van der Waals surface area contributed by atoms with Crippen LogP contribution < -0.4 is 5.32 Å². The number of amides is 1. The van der Waals surface area contributed by atoms with Crippen LogP contribution >= 0.6 is 0 Å². The van der Waals surface area contributed by atoms with Gasteiger partial charge in [0, 0.05) is 44.4 Å². The largest absolute Gasteiger partial charge is 0.465 e. The van der Waals surface area contributed by atoms with Gasteiger partial charge >= 0.3 is 6.09 Å². The summed E-state index contributed by atoms with van der Waals surface area (Å²) in [4.78, 5) is 16.8. The third-order valence-corrected chi connectivity index (χ3v) is 3.53. The summed E-state index contributed by atoms with van der Waals surface area (Å²) < 4.78 is 5.30. The zero-order valence-corrected chi connectivity index (χ0v) is 12.3. The van der Waals surface area contributed by atoms with Crippen molar-refractivity contribution in [2.24, 2.45) is 0 Å². The van der Waals surface area contributed by atoms with E-state index >= 15 is 0 Å². The predicted octanol–water partition coefficient (Wildman–Crippen LogP) is 1.23. The van der Waals surface area contributed by atoms with Crippen LogP contribution in [0.25, 0.3) is 0 Å². The van der Waals surface area contributed by atoms with Gasteiger partial charge in [0.1, 0.15) is 5.82 Å². The molecule has 1 aliphatic rings. The van der Waals surface area contributed by atoms with Gasteiger partial charge in [0.25, 0.3) is 0 Å². The third kappa shape index (κ3) is 3.90. The molecule has 1 fully saturated rings. The smallest absolute Gasteiger partial charge is 0.410 e. The number of ether oxygens (including phenoxy) is 1. The standard InChI is InChI=1S/C14H21N3O4/c1-17(2)9-10-7-12(16-13(18)19)15-8-11(10)14(20)3-5-21-6-4-14/h7-8,20H,3-6,9H2,1-2H3,(H,15,16)(H,18,19). The van der Waals surface area contributed by atoms with E-state index in [-0.39, 0.29) is 5.82 Å². The second-order valence-electron chi connectivity index (χ2n) is 5.54. The third-order valence-electron chi connectivity index (χ3n) is 3.53. The number of carbonyl (C=O) groups is 1. The van der Waals surface area contributed by atoms with Gasteiger partial charge in [0.2, 0.25) is 0 Å². The Morgan fingerprint density at radius 3 is 2.71 bits per heavy atom. The van der Waals surface area contributed by atoms with Gasteiger partial charge in [-0.15, -0.1) is 0 Å². The molecular weight excluding hydrogens is 274 g/mol. The van der Waals surface area contributed by atoms with Gasteiger partial charge in [-0.05, 0) is 25.7 Å². The SMILES string of the molecule is CN(C)Cc1cc(NC(=O)O)ncc1C1(O)CCOCC1. The Morgan fingerprint density at radius 1 is 1.48 bits per heavy atom. The molecular formula is C14H21N3O4. The first kappa shape index (κ1) is 15.7. The minimum absolute atomic E-state index is 0.263. The van der Waals surface area contributed by atoms with Crippen LogP contribution in [0.2, 0.25) is 0 Å². The summed E-state index contributed by atoms with van der Waals surface area (Å²) in [5.74, 6) is 0.263. The van der Waals surface area contributed by atoms with Crippen molar-refractivity contribution in [3.63, 3.8) is 0 Å². The van der Waals surface area contributed by atoms with Gasteiger partial charge in [-0.1, -0.05) is 0 Å². The lowest BCUT2D eigenvalue weighted by atomic mass is 9.84. The van der Waals surface area contributed by atoms with Gasteiger partial charge in [0.15, 0.2) is 0 Å². The Morgan fingerprint density at radius 2 is 2.14 bits per heavy atom. The van der Waals surface area contributed by atoms with Gasteiger partial charge in [-0.3, -0.25) is 5.32 Å². The fourth-order valence-electron chi connectivity index (χ4n) is 2.54. The second kappa shape index (κ2) is 6.38. The number of nitrogens with one attached hydrogen (secondary N) is 1. The normalized spacial score (nSPS) is 17.7. The summed E-state index contributed by atoms with van der Waals surface area (Å²) in [7, 11) is 3.84. The second-order valence-corrected chi connectivity index (χ2v) is 5.54. The van der Waals surface area contributed by atoms with Crippen LogP contribution in [0.1, 0.15) is 24.0 Å². The molecule has 1 aromatic rings. The van der Waals surface area contributed by atoms with Gasteiger partial charge in [0.05, 0.1) is 5.60 Å². The molecule has 2 rings (SSSR count). The lowest BCUT2D eigenvalue weighted by Gasteiger charge is -2.34. The van der Waals surface area contributed by atoms with E-state index in [9.17, 15) is 9.90 Å². The molecule has 1 aliphatic heterocycles. The van der Waals surface area contributed by atoms with Crippen LogP contribution in [-0.4, -0.2) is 53.5 Å². The lowest BCUT2D eigenvalue weighted by molar-refractivity contribution is -0.0687. The molecule has 0 saturated carbocycles. The highest BCUT2D eigenvalue weighted by Gasteiger charge is 2.34. The Hall–Kier alpha value is -1.70. The van der Waals surface area contributed by atoms with E-state index in [1.165, 1.54) is 0 Å². The van der Waals surface area contributed by atoms with Crippen molar-refractivity contribution < 1.29 is 19.7 Å². The van der Waals surface area contributed by atoms with Crippen LogP contribution in [0.4, 0.5) is 10.6 Å². The minimum Gasteiger partial charge on any atom is -0.465 e. The lowest BCUT2D eigenvalue weighted by Crippen LogP contribution is -2.35. The highest BCUT2D eigenvalue weighted by molar-refractivity contribution is 5.81. The number of anilines is 1. The molecule has 3 N–H and O–H groups in total. The fraction of sp³-hybridized carbons (Fsp3) is 0.571. The van der Waals surface area contributed by atoms with E-state index in [0.717, 1.165) is 11.1 Å². The maximum absolute atomic E-state index is 10.8. The molecule has 1 aromatic heterocycles. The number of rotatable bonds is 4. The first-order valence-electron chi connectivity index (χ1n) is 6.85. The van der Waals surface area contributed by atoms with Gasteiger partial charge in [-0.2, -0.15) is 0 Å². The van der Waals surface area contributed by atoms with Crippen molar-refractivity contribution in [2.45, 2.75) is 25.0 Å². The number of aliphatic hydroxyl groups is 1. The summed E-state index contributed by atoms with van der Waals surface area (Å²) in [6, 6.07) is 1.68. The van der Waals surface area contributed by atoms with Gasteiger partial charge in [-0.25, -0.2) is 9.78 Å². The Bertz CT molecular complexity index is 513. The zero-order chi connectivity index (χ0) is 15.5. The number of hydrogen-bond donors (Lipinski definition) is 3. The summed E-state index contributed by atoms with van der Waals surface area (Å²) in [5.41, 5.74) is 0.650. The monoisotopic (exact) mass is 295 g/mol. The molecule has 0 spiro atoms. The van der Waals surface area contributed by atoms with Crippen LogP contribution in [0.5, 0.6) is 0 Å². The van der Waals surface area contributed by atoms with E-state index in [2.05, 4.69) is 10.3 Å². The van der Waals surface area contributed by atoms with Crippen LogP contribution in [0, 0.1) is 0 Å². The predicted molar refractivity (Wildman–Crippen MR) is 77.2 cm³/mol. The Balaban J connectivity index is 2.36. The molecule has 7 nitrogen and oxygen atoms in total. The molecule has 21 heavy (non-hydrogen) atoms. The topological polar surface area (TPSA) is 94.9 Å². The molecule has 116 valence electrons. The number of carboxylic acid groups (broad SMARTS) is 1. The molecule has 0 bridgehead atoms. The molecule has 7 heteroatoms. The average Bonchev–Trinajstić information content (AvgIpc) is 2.38. The quantitative estimate of drug-likeness (QED) is 0.773. The maximum Gasteiger partial charge on any atom is 0.410 e. The highest BCUT2D eigenvalue weighted by Crippen LogP contribution is 2.34. The summed E-state index contributed by atoms with van der Waals surface area (Å²) >= 11 is 0. The Kier molecular flexibility index (Phi) is 4.76. The van der Waals surface area contributed by atoms with Gasteiger partial charge < -0.3 is 19.8 Å². The van der Waals surface area contributed by atoms with Crippen molar-refractivity contribution in [1.29, 1.82) is 0 Å². The van der Waals surface area contributed by atoms with E-state index in [4.69, 9.17) is 9.84 Å². The molecule has 1 amide bonds. The number of pyridine rings is 1. The molecule has 0 unspecified atom stereocenters. The van der Waals surface area contributed by atoms with Crippen LogP contribution in [0.15, 0.2) is 12.3 Å². The first-order chi connectivity index (χ1) is 9.90. The number of aromatic nitrogens is 1. The van der Waals surface area contributed by atoms with E-state index in [1.807, 2.05) is 19.0 Å². The average molecular weight is 295 g/mol. The van der Waals surface area contributed by atoms with Crippen molar-refractivity contribution in [3.05, 3.63) is 23.4 Å². The molecule has 0 radical (unpaired) electrons. The van der Waals surface area contributed by atoms with Crippen molar-refractivity contribution in [3.8, 4) is 0 Å². The fourth-order valence-corrected chi connectivity index (χ4v) is 2.54. The number of nitrogens with zero attached hydrogens (tertiary/aromatic N) is 2. The van der Waals surface area contributed by atoms with E-state index < -0.39 is 11.7 Å². The maximum atomic E-state index is 10.8. The van der Waals surface area contributed by atoms with Crippen LogP contribution in [-0.2, 0) is 16.9 Å². The molecule has 2 heterocycles. The minimum atomic E-state index is -1.16.